The van der Waals surface area contributed by atoms with Crippen molar-refractivity contribution in [2.45, 2.75) is 69.0 Å². The lowest BCUT2D eigenvalue weighted by Crippen LogP contribution is -2.58. The molecule has 2 amide bonds. The molecule has 0 spiro atoms. The first kappa shape index (κ1) is 27.4. The minimum absolute atomic E-state index is 0.0415. The number of carbonyl (C=O) groups is 2. The number of hydrogen-bond donors (Lipinski definition) is 2. The predicted octanol–water partition coefficient (Wildman–Crippen LogP) is 3.64. The molecule has 2 saturated carbocycles. The van der Waals surface area contributed by atoms with Gasteiger partial charge in [-0.15, -0.1) is 5.10 Å². The summed E-state index contributed by atoms with van der Waals surface area (Å²) in [5.41, 5.74) is -0.0942. The Labute approximate surface area is 235 Å². The molecule has 1 aliphatic heterocycles. The number of rotatable bonds is 7. The van der Waals surface area contributed by atoms with Crippen LogP contribution >= 0.6 is 0 Å². The maximum Gasteiger partial charge on any atom is 0.273 e. The highest BCUT2D eigenvalue weighted by Crippen LogP contribution is 2.45. The van der Waals surface area contributed by atoms with Gasteiger partial charge in [-0.1, -0.05) is 24.5 Å². The number of amides is 2. The first-order chi connectivity index (χ1) is 19.8. The molecule has 3 heterocycles. The lowest BCUT2D eigenvalue weighted by atomic mass is 9.86. The molecule has 2 aromatic heterocycles. The summed E-state index contributed by atoms with van der Waals surface area (Å²) in [6.45, 7) is 1.25. The van der Waals surface area contributed by atoms with Gasteiger partial charge in [0.25, 0.3) is 5.91 Å². The quantitative estimate of drug-likeness (QED) is 0.452. The van der Waals surface area contributed by atoms with Gasteiger partial charge >= 0.3 is 0 Å². The van der Waals surface area contributed by atoms with Gasteiger partial charge in [0, 0.05) is 31.2 Å². The summed E-state index contributed by atoms with van der Waals surface area (Å²) < 4.78 is 42.1. The lowest BCUT2D eigenvalue weighted by molar-refractivity contribution is -0.129. The Morgan fingerprint density at radius 1 is 0.976 bits per heavy atom. The lowest BCUT2D eigenvalue weighted by Gasteiger charge is -2.43. The van der Waals surface area contributed by atoms with Crippen LogP contribution in [0.25, 0.3) is 5.69 Å². The van der Waals surface area contributed by atoms with Gasteiger partial charge < -0.3 is 10.6 Å². The molecule has 9 nitrogen and oxygen atoms in total. The number of hydrogen-bond acceptors (Lipinski definition) is 6. The highest BCUT2D eigenvalue weighted by atomic mass is 19.1. The SMILES string of the molecule is O=C(N[C@@H]1CCN(C2CCCCC2)C[C@H]1C(=O)NC1(c2ccc(F)cn2)CC1)c1cn(-c2ccc(F)cc2F)nn1. The van der Waals surface area contributed by atoms with Crippen LogP contribution in [0.4, 0.5) is 13.2 Å². The highest BCUT2D eigenvalue weighted by molar-refractivity contribution is 5.93. The smallest absolute Gasteiger partial charge is 0.273 e. The van der Waals surface area contributed by atoms with E-state index in [1.807, 2.05) is 0 Å². The van der Waals surface area contributed by atoms with Gasteiger partial charge in [-0.2, -0.15) is 0 Å². The van der Waals surface area contributed by atoms with Crippen molar-refractivity contribution in [3.8, 4) is 5.69 Å². The summed E-state index contributed by atoms with van der Waals surface area (Å²) >= 11 is 0. The van der Waals surface area contributed by atoms with Crippen molar-refractivity contribution in [2.24, 2.45) is 5.92 Å². The van der Waals surface area contributed by atoms with Crippen molar-refractivity contribution >= 4 is 11.8 Å². The van der Waals surface area contributed by atoms with E-state index < -0.39 is 40.9 Å². The molecule has 216 valence electrons. The third-order valence-electron chi connectivity index (χ3n) is 8.60. The number of pyridine rings is 1. The number of likely N-dealkylation sites (tertiary alicyclic amines) is 1. The van der Waals surface area contributed by atoms with E-state index in [2.05, 4.69) is 30.8 Å². The second kappa shape index (κ2) is 11.2. The molecule has 3 fully saturated rings. The van der Waals surface area contributed by atoms with Crippen LogP contribution in [0.3, 0.4) is 0 Å². The fourth-order valence-corrected chi connectivity index (χ4v) is 6.15. The van der Waals surface area contributed by atoms with E-state index in [9.17, 15) is 22.8 Å². The van der Waals surface area contributed by atoms with E-state index in [0.29, 0.717) is 37.5 Å². The summed E-state index contributed by atoms with van der Waals surface area (Å²) in [5, 5.41) is 13.9. The maximum absolute atomic E-state index is 14.2. The van der Waals surface area contributed by atoms with Crippen molar-refractivity contribution in [1.29, 1.82) is 0 Å². The number of benzene rings is 1. The number of nitrogens with one attached hydrogen (secondary N) is 2. The number of halogens is 3. The number of aromatic nitrogens is 4. The van der Waals surface area contributed by atoms with Crippen LogP contribution in [0.1, 0.15) is 67.5 Å². The molecule has 6 rings (SSSR count). The van der Waals surface area contributed by atoms with Gasteiger partial charge in [0.15, 0.2) is 11.5 Å². The third-order valence-corrected chi connectivity index (χ3v) is 8.60. The zero-order valence-electron chi connectivity index (χ0n) is 22.5. The molecule has 0 bridgehead atoms. The molecule has 3 aliphatic rings. The van der Waals surface area contributed by atoms with E-state index in [0.717, 1.165) is 42.4 Å². The van der Waals surface area contributed by atoms with Crippen LogP contribution < -0.4 is 10.6 Å². The van der Waals surface area contributed by atoms with Crippen LogP contribution in [0.2, 0.25) is 0 Å². The fourth-order valence-electron chi connectivity index (χ4n) is 6.15. The van der Waals surface area contributed by atoms with Crippen LogP contribution in [0.15, 0.2) is 42.7 Å². The highest BCUT2D eigenvalue weighted by Gasteiger charge is 2.49. The second-order valence-electron chi connectivity index (χ2n) is 11.3. The Bertz CT molecular complexity index is 1420. The molecule has 1 aromatic carbocycles. The van der Waals surface area contributed by atoms with Gasteiger partial charge in [-0.05, 0) is 56.4 Å². The average molecular weight is 568 g/mol. The standard InChI is InChI=1S/C29H32F3N7O2/c30-18-6-8-25(22(32)14-18)39-17-24(36-37-39)28(41)34-23-10-13-38(20-4-2-1-3-5-20)16-21(23)27(40)35-29(11-12-29)26-9-7-19(31)15-33-26/h6-9,14-15,17,20-21,23H,1-5,10-13,16H2,(H,34,41)(H,35,40)/t21-,23-/m1/s1. The molecule has 3 aromatic rings. The van der Waals surface area contributed by atoms with E-state index >= 15 is 0 Å². The van der Waals surface area contributed by atoms with Crippen molar-refractivity contribution < 1.29 is 22.8 Å². The molecule has 2 aliphatic carbocycles. The minimum Gasteiger partial charge on any atom is -0.347 e. The largest absolute Gasteiger partial charge is 0.347 e. The van der Waals surface area contributed by atoms with Crippen LogP contribution in [-0.4, -0.2) is 61.9 Å². The number of piperidine rings is 1. The van der Waals surface area contributed by atoms with Crippen molar-refractivity contribution in [3.05, 3.63) is 71.6 Å². The molecular weight excluding hydrogens is 535 g/mol. The van der Waals surface area contributed by atoms with Crippen molar-refractivity contribution in [3.63, 3.8) is 0 Å². The monoisotopic (exact) mass is 567 g/mol. The third kappa shape index (κ3) is 5.83. The summed E-state index contributed by atoms with van der Waals surface area (Å²) in [5.74, 6) is -3.24. The first-order valence-corrected chi connectivity index (χ1v) is 14.2. The van der Waals surface area contributed by atoms with Gasteiger partial charge in [0.05, 0.1) is 29.5 Å². The molecule has 41 heavy (non-hydrogen) atoms. The first-order valence-electron chi connectivity index (χ1n) is 14.2. The summed E-state index contributed by atoms with van der Waals surface area (Å²) in [7, 11) is 0. The second-order valence-corrected chi connectivity index (χ2v) is 11.3. The molecule has 0 unspecified atom stereocenters. The van der Waals surface area contributed by atoms with Gasteiger partial charge in [0.1, 0.15) is 17.3 Å². The molecule has 2 atom stereocenters. The van der Waals surface area contributed by atoms with Gasteiger partial charge in [0.2, 0.25) is 5.91 Å². The molecular formula is C29H32F3N7O2. The van der Waals surface area contributed by atoms with Crippen LogP contribution in [0.5, 0.6) is 0 Å². The molecule has 12 heteroatoms. The molecule has 0 radical (unpaired) electrons. The predicted molar refractivity (Wildman–Crippen MR) is 142 cm³/mol. The zero-order chi connectivity index (χ0) is 28.6. The van der Waals surface area contributed by atoms with Crippen molar-refractivity contribution in [2.75, 3.05) is 13.1 Å². The summed E-state index contributed by atoms with van der Waals surface area (Å²) in [6, 6.07) is 5.93. The Balaban J connectivity index is 1.19. The van der Waals surface area contributed by atoms with Crippen LogP contribution in [-0.2, 0) is 10.3 Å². The maximum atomic E-state index is 14.2. The van der Waals surface area contributed by atoms with Gasteiger partial charge in [-0.3, -0.25) is 19.5 Å². The van der Waals surface area contributed by atoms with Crippen LogP contribution in [0, 0.1) is 23.4 Å². The van der Waals surface area contributed by atoms with E-state index in [1.165, 1.54) is 37.6 Å². The minimum atomic E-state index is -0.835. The molecule has 1 saturated heterocycles. The Kier molecular flexibility index (Phi) is 7.50. The number of nitrogens with zero attached hydrogens (tertiary/aromatic N) is 5. The Morgan fingerprint density at radius 3 is 2.46 bits per heavy atom. The van der Waals surface area contributed by atoms with Crippen molar-refractivity contribution in [1.82, 2.24) is 35.5 Å². The van der Waals surface area contributed by atoms with E-state index in [4.69, 9.17) is 0 Å². The average Bonchev–Trinajstić information content (AvgIpc) is 3.58. The fraction of sp³-hybridized carbons (Fsp3) is 0.483. The zero-order valence-corrected chi connectivity index (χ0v) is 22.5. The van der Waals surface area contributed by atoms with E-state index in [1.54, 1.807) is 6.07 Å². The Morgan fingerprint density at radius 2 is 1.76 bits per heavy atom. The summed E-state index contributed by atoms with van der Waals surface area (Å²) in [6.07, 6.45) is 10.2. The molecule has 2 N–H and O–H groups in total. The van der Waals surface area contributed by atoms with Gasteiger partial charge in [-0.25, -0.2) is 17.9 Å². The Hall–Kier alpha value is -3.80. The normalized spacial score (nSPS) is 22.7. The number of carbonyl (C=O) groups excluding carboxylic acids is 2. The van der Waals surface area contributed by atoms with E-state index in [-0.39, 0.29) is 17.3 Å². The topological polar surface area (TPSA) is 105 Å². The summed E-state index contributed by atoms with van der Waals surface area (Å²) in [4.78, 5) is 33.6.